The molecular weight excluding hydrogens is 468 g/mol. The van der Waals surface area contributed by atoms with E-state index < -0.39 is 0 Å². The van der Waals surface area contributed by atoms with Crippen molar-refractivity contribution < 1.29 is 13.9 Å². The van der Waals surface area contributed by atoms with Crippen molar-refractivity contribution >= 4 is 39.8 Å². The third kappa shape index (κ3) is 5.48. The first kappa shape index (κ1) is 24.0. The largest absolute Gasteiger partial charge is 0.497 e. The molecular formula is C25H26N4O3S2. The Bertz CT molecular complexity index is 1270. The summed E-state index contributed by atoms with van der Waals surface area (Å²) in [7, 11) is 1.64. The van der Waals surface area contributed by atoms with E-state index in [1.165, 1.54) is 28.7 Å². The van der Waals surface area contributed by atoms with Crippen LogP contribution in [0.25, 0.3) is 0 Å². The van der Waals surface area contributed by atoms with E-state index in [2.05, 4.69) is 29.3 Å². The number of hydrogen-bond donors (Lipinski definition) is 0. The minimum Gasteiger partial charge on any atom is -0.497 e. The van der Waals surface area contributed by atoms with E-state index in [-0.39, 0.29) is 5.91 Å². The Labute approximate surface area is 207 Å². The number of aromatic nitrogens is 3. The maximum absolute atomic E-state index is 12.6. The van der Waals surface area contributed by atoms with Gasteiger partial charge in [0.1, 0.15) is 5.75 Å². The summed E-state index contributed by atoms with van der Waals surface area (Å²) < 4.78 is 11.0. The van der Waals surface area contributed by atoms with Crippen molar-refractivity contribution in [1.29, 1.82) is 0 Å². The maximum atomic E-state index is 12.6. The van der Waals surface area contributed by atoms with Crippen molar-refractivity contribution in [1.82, 2.24) is 15.2 Å². The summed E-state index contributed by atoms with van der Waals surface area (Å²) in [6.07, 6.45) is 0.557. The van der Waals surface area contributed by atoms with E-state index in [0.29, 0.717) is 28.4 Å². The van der Waals surface area contributed by atoms with Crippen LogP contribution in [0.1, 0.15) is 40.8 Å². The van der Waals surface area contributed by atoms with Crippen molar-refractivity contribution in [2.45, 2.75) is 45.1 Å². The highest BCUT2D eigenvalue weighted by Gasteiger charge is 2.22. The first-order chi connectivity index (χ1) is 16.3. The van der Waals surface area contributed by atoms with Gasteiger partial charge in [-0.25, -0.2) is 4.98 Å². The molecule has 0 bridgehead atoms. The highest BCUT2D eigenvalue weighted by atomic mass is 32.2. The first-order valence-electron chi connectivity index (χ1n) is 10.7. The lowest BCUT2D eigenvalue weighted by atomic mass is 10.0. The molecule has 4 aromatic rings. The number of hydrogen-bond acceptors (Lipinski definition) is 8. The Morgan fingerprint density at radius 1 is 1.12 bits per heavy atom. The number of carbonyl (C=O) groups is 1. The molecule has 2 aromatic carbocycles. The highest BCUT2D eigenvalue weighted by molar-refractivity contribution is 7.98. The quantitative estimate of drug-likeness (QED) is 0.277. The molecule has 0 fully saturated rings. The number of thioether (sulfide) groups is 1. The zero-order chi connectivity index (χ0) is 24.2. The minimum absolute atomic E-state index is 0.0660. The fourth-order valence-corrected chi connectivity index (χ4v) is 5.45. The molecule has 176 valence electrons. The van der Waals surface area contributed by atoms with Crippen molar-refractivity contribution in [2.24, 2.45) is 0 Å². The van der Waals surface area contributed by atoms with E-state index in [1.54, 1.807) is 18.9 Å². The molecule has 0 saturated carbocycles. The number of nitrogens with zero attached hydrogens (tertiary/aromatic N) is 4. The van der Waals surface area contributed by atoms with Crippen molar-refractivity contribution in [3.05, 3.63) is 75.6 Å². The van der Waals surface area contributed by atoms with Gasteiger partial charge in [0, 0.05) is 18.1 Å². The summed E-state index contributed by atoms with van der Waals surface area (Å²) in [6.45, 7) is 7.67. The SMILES string of the molecule is COc1ccc(Cc2nnc(SCc3csc(N(C(C)=O)c4c(C)cc(C)cc4C)n3)o2)cc1. The van der Waals surface area contributed by atoms with Gasteiger partial charge in [-0.15, -0.1) is 21.5 Å². The van der Waals surface area contributed by atoms with E-state index in [9.17, 15) is 4.79 Å². The van der Waals surface area contributed by atoms with Gasteiger partial charge in [0.05, 0.1) is 24.9 Å². The summed E-state index contributed by atoms with van der Waals surface area (Å²) in [5.41, 5.74) is 6.09. The molecule has 4 rings (SSSR count). The van der Waals surface area contributed by atoms with Gasteiger partial charge in [0.2, 0.25) is 11.8 Å². The van der Waals surface area contributed by atoms with Crippen molar-refractivity contribution in [3.63, 3.8) is 0 Å². The summed E-state index contributed by atoms with van der Waals surface area (Å²) in [5.74, 6) is 1.87. The van der Waals surface area contributed by atoms with Gasteiger partial charge in [-0.05, 0) is 49.6 Å². The number of thiazole rings is 1. The molecule has 0 radical (unpaired) electrons. The second-order valence-electron chi connectivity index (χ2n) is 8.00. The number of benzene rings is 2. The lowest BCUT2D eigenvalue weighted by molar-refractivity contribution is -0.115. The van der Waals surface area contributed by atoms with E-state index in [0.717, 1.165) is 33.8 Å². The van der Waals surface area contributed by atoms with Crippen LogP contribution in [0.15, 0.2) is 51.4 Å². The molecule has 34 heavy (non-hydrogen) atoms. The van der Waals surface area contributed by atoms with Crippen LogP contribution in [0, 0.1) is 20.8 Å². The zero-order valence-corrected chi connectivity index (χ0v) is 21.4. The lowest BCUT2D eigenvalue weighted by Gasteiger charge is -2.23. The summed E-state index contributed by atoms with van der Waals surface area (Å²) in [4.78, 5) is 19.0. The first-order valence-corrected chi connectivity index (χ1v) is 12.6. The second kappa shape index (κ2) is 10.4. The Morgan fingerprint density at radius 3 is 2.47 bits per heavy atom. The van der Waals surface area contributed by atoms with E-state index >= 15 is 0 Å². The van der Waals surface area contributed by atoms with Crippen LogP contribution < -0.4 is 9.64 Å². The van der Waals surface area contributed by atoms with Gasteiger partial charge in [-0.3, -0.25) is 9.69 Å². The molecule has 0 atom stereocenters. The number of aryl methyl sites for hydroxylation is 3. The van der Waals surface area contributed by atoms with Crippen LogP contribution in [-0.2, 0) is 17.0 Å². The molecule has 0 unspecified atom stereocenters. The van der Waals surface area contributed by atoms with Crippen LogP contribution in [0.2, 0.25) is 0 Å². The third-order valence-electron chi connectivity index (χ3n) is 5.21. The molecule has 2 aromatic heterocycles. The summed E-state index contributed by atoms with van der Waals surface area (Å²) in [5, 5.41) is 11.4. The maximum Gasteiger partial charge on any atom is 0.276 e. The van der Waals surface area contributed by atoms with Crippen LogP contribution in [0.3, 0.4) is 0 Å². The number of ether oxygens (including phenoxy) is 1. The number of anilines is 2. The monoisotopic (exact) mass is 494 g/mol. The molecule has 0 saturated heterocycles. The topological polar surface area (TPSA) is 81.4 Å². The molecule has 0 aliphatic rings. The molecule has 2 heterocycles. The summed E-state index contributed by atoms with van der Waals surface area (Å²) in [6, 6.07) is 11.9. The number of methoxy groups -OCH3 is 1. The van der Waals surface area contributed by atoms with Gasteiger partial charge in [0.25, 0.3) is 5.22 Å². The molecule has 9 heteroatoms. The van der Waals surface area contributed by atoms with Gasteiger partial charge >= 0.3 is 0 Å². The number of rotatable bonds is 8. The Balaban J connectivity index is 1.43. The third-order valence-corrected chi connectivity index (χ3v) is 6.94. The van der Waals surface area contributed by atoms with Gasteiger partial charge in [-0.2, -0.15) is 0 Å². The van der Waals surface area contributed by atoms with E-state index in [4.69, 9.17) is 14.1 Å². The highest BCUT2D eigenvalue weighted by Crippen LogP contribution is 2.35. The Morgan fingerprint density at radius 2 is 1.82 bits per heavy atom. The normalized spacial score (nSPS) is 11.0. The van der Waals surface area contributed by atoms with Gasteiger partial charge in [-0.1, -0.05) is 41.6 Å². The molecule has 0 spiro atoms. The minimum atomic E-state index is -0.0660. The molecule has 0 aliphatic carbocycles. The van der Waals surface area contributed by atoms with Gasteiger partial charge in [0.15, 0.2) is 5.13 Å². The molecule has 7 nitrogen and oxygen atoms in total. The van der Waals surface area contributed by atoms with Crippen LogP contribution in [-0.4, -0.2) is 28.2 Å². The Kier molecular flexibility index (Phi) is 7.33. The summed E-state index contributed by atoms with van der Waals surface area (Å²) >= 11 is 2.88. The van der Waals surface area contributed by atoms with Crippen LogP contribution in [0.4, 0.5) is 10.8 Å². The number of amides is 1. The predicted molar refractivity (Wildman–Crippen MR) is 135 cm³/mol. The zero-order valence-electron chi connectivity index (χ0n) is 19.8. The standard InChI is InChI=1S/C25H26N4O3S2/c1-15-10-16(2)23(17(3)11-15)29(18(4)30)24-26-20(13-33-24)14-34-25-28-27-22(32-25)12-19-6-8-21(31-5)9-7-19/h6-11,13H,12,14H2,1-5H3. The van der Waals surface area contributed by atoms with E-state index in [1.807, 2.05) is 43.5 Å². The average Bonchev–Trinajstić information content (AvgIpc) is 3.44. The van der Waals surface area contributed by atoms with Crippen molar-refractivity contribution in [3.8, 4) is 5.75 Å². The van der Waals surface area contributed by atoms with Crippen molar-refractivity contribution in [2.75, 3.05) is 12.0 Å². The predicted octanol–water partition coefficient (Wildman–Crippen LogP) is 6.03. The Hall–Kier alpha value is -3.17. The molecule has 0 N–H and O–H groups in total. The fourth-order valence-electron chi connectivity index (χ4n) is 3.80. The number of carbonyl (C=O) groups excluding carboxylic acids is 1. The second-order valence-corrected chi connectivity index (χ2v) is 9.76. The smallest absolute Gasteiger partial charge is 0.276 e. The molecule has 0 aliphatic heterocycles. The van der Waals surface area contributed by atoms with Gasteiger partial charge < -0.3 is 9.15 Å². The van der Waals surface area contributed by atoms with Crippen LogP contribution >= 0.6 is 23.1 Å². The average molecular weight is 495 g/mol. The van der Waals surface area contributed by atoms with Crippen LogP contribution in [0.5, 0.6) is 5.75 Å². The lowest BCUT2D eigenvalue weighted by Crippen LogP contribution is -2.24. The fraction of sp³-hybridized carbons (Fsp3) is 0.280. The molecule has 1 amide bonds.